The Morgan fingerprint density at radius 2 is 1.90 bits per heavy atom. The van der Waals surface area contributed by atoms with Gasteiger partial charge in [0.05, 0.1) is 12.6 Å². The molecule has 3 nitrogen and oxygen atoms in total. The zero-order valence-electron chi connectivity index (χ0n) is 11.4. The van der Waals surface area contributed by atoms with E-state index in [1.807, 2.05) is 43.3 Å². The molecule has 2 rings (SSSR count). The maximum Gasteiger partial charge on any atom is 0.124 e. The predicted molar refractivity (Wildman–Crippen MR) is 81.5 cm³/mol. The van der Waals surface area contributed by atoms with Gasteiger partial charge in [-0.15, -0.1) is 0 Å². The minimum atomic E-state index is -0.253. The molecule has 0 spiro atoms. The average molecular weight is 292 g/mol. The summed E-state index contributed by atoms with van der Waals surface area (Å²) in [6.07, 6.45) is 0. The maximum absolute atomic E-state index is 6.17. The number of rotatable bonds is 6. The van der Waals surface area contributed by atoms with Crippen molar-refractivity contribution >= 4 is 11.6 Å². The number of benzene rings is 2. The lowest BCUT2D eigenvalue weighted by Crippen LogP contribution is -2.20. The van der Waals surface area contributed by atoms with E-state index in [9.17, 15) is 0 Å². The molecule has 1 atom stereocenters. The van der Waals surface area contributed by atoms with Crippen molar-refractivity contribution in [2.75, 3.05) is 13.2 Å². The van der Waals surface area contributed by atoms with Crippen molar-refractivity contribution in [2.45, 2.75) is 13.0 Å². The standard InChI is InChI=1S/C16H18ClNO2/c1-2-19-16-9-4-3-8-14(16)15(18)11-20-13-7-5-6-12(17)10-13/h3-10,15H,2,11,18H2,1H3. The number of halogens is 1. The lowest BCUT2D eigenvalue weighted by Gasteiger charge is -2.17. The summed E-state index contributed by atoms with van der Waals surface area (Å²) in [6.45, 7) is 2.92. The third-order valence-electron chi connectivity index (χ3n) is 2.84. The lowest BCUT2D eigenvalue weighted by atomic mass is 10.1. The molecular weight excluding hydrogens is 274 g/mol. The summed E-state index contributed by atoms with van der Waals surface area (Å²) in [5.74, 6) is 1.51. The van der Waals surface area contributed by atoms with Crippen LogP contribution in [-0.2, 0) is 0 Å². The van der Waals surface area contributed by atoms with Crippen LogP contribution >= 0.6 is 11.6 Å². The molecule has 0 radical (unpaired) electrons. The normalized spacial score (nSPS) is 11.9. The molecule has 2 N–H and O–H groups in total. The van der Waals surface area contributed by atoms with Crippen molar-refractivity contribution in [3.05, 3.63) is 59.1 Å². The third kappa shape index (κ3) is 3.89. The molecule has 0 fully saturated rings. The van der Waals surface area contributed by atoms with E-state index in [2.05, 4.69) is 0 Å². The zero-order valence-corrected chi connectivity index (χ0v) is 12.1. The molecule has 1 unspecified atom stereocenters. The van der Waals surface area contributed by atoms with Crippen LogP contribution in [0.3, 0.4) is 0 Å². The molecule has 0 aliphatic rings. The van der Waals surface area contributed by atoms with Gasteiger partial charge in [-0.1, -0.05) is 35.9 Å². The molecule has 0 heterocycles. The minimum absolute atomic E-state index is 0.253. The van der Waals surface area contributed by atoms with E-state index in [-0.39, 0.29) is 6.04 Å². The molecule has 0 aromatic heterocycles. The Kier molecular flexibility index (Phi) is 5.27. The fourth-order valence-electron chi connectivity index (χ4n) is 1.91. The monoisotopic (exact) mass is 291 g/mol. The summed E-state index contributed by atoms with van der Waals surface area (Å²) in [6, 6.07) is 14.8. The highest BCUT2D eigenvalue weighted by Crippen LogP contribution is 2.25. The van der Waals surface area contributed by atoms with E-state index in [0.29, 0.717) is 24.0 Å². The smallest absolute Gasteiger partial charge is 0.124 e. The van der Waals surface area contributed by atoms with Crippen molar-refractivity contribution < 1.29 is 9.47 Å². The molecule has 0 aliphatic carbocycles. The number of para-hydroxylation sites is 1. The van der Waals surface area contributed by atoms with Gasteiger partial charge in [-0.2, -0.15) is 0 Å². The van der Waals surface area contributed by atoms with Crippen molar-refractivity contribution in [1.82, 2.24) is 0 Å². The van der Waals surface area contributed by atoms with Crippen molar-refractivity contribution in [2.24, 2.45) is 5.73 Å². The first kappa shape index (κ1) is 14.7. The van der Waals surface area contributed by atoms with E-state index >= 15 is 0 Å². The molecule has 0 bridgehead atoms. The molecule has 0 aliphatic heterocycles. The van der Waals surface area contributed by atoms with Crippen LogP contribution in [0.4, 0.5) is 0 Å². The summed E-state index contributed by atoms with van der Waals surface area (Å²) >= 11 is 5.91. The van der Waals surface area contributed by atoms with Gasteiger partial charge in [0.15, 0.2) is 0 Å². The topological polar surface area (TPSA) is 44.5 Å². The molecule has 106 valence electrons. The molecule has 4 heteroatoms. The molecule has 20 heavy (non-hydrogen) atoms. The van der Waals surface area contributed by atoms with Crippen molar-refractivity contribution in [3.8, 4) is 11.5 Å². The quantitative estimate of drug-likeness (QED) is 0.880. The first-order valence-electron chi connectivity index (χ1n) is 6.56. The first-order chi connectivity index (χ1) is 9.70. The second-order valence-electron chi connectivity index (χ2n) is 4.35. The Hall–Kier alpha value is -1.71. The van der Waals surface area contributed by atoms with Gasteiger partial charge in [0.25, 0.3) is 0 Å². The Morgan fingerprint density at radius 1 is 1.10 bits per heavy atom. The second kappa shape index (κ2) is 7.17. The Bertz CT molecular complexity index is 560. The van der Waals surface area contributed by atoms with E-state index < -0.39 is 0 Å². The highest BCUT2D eigenvalue weighted by Gasteiger charge is 2.12. The summed E-state index contributed by atoms with van der Waals surface area (Å²) in [7, 11) is 0. The fourth-order valence-corrected chi connectivity index (χ4v) is 2.09. The second-order valence-corrected chi connectivity index (χ2v) is 4.78. The van der Waals surface area contributed by atoms with Gasteiger partial charge in [0, 0.05) is 10.6 Å². The first-order valence-corrected chi connectivity index (χ1v) is 6.94. The highest BCUT2D eigenvalue weighted by atomic mass is 35.5. The fraction of sp³-hybridized carbons (Fsp3) is 0.250. The van der Waals surface area contributed by atoms with Crippen LogP contribution in [0.15, 0.2) is 48.5 Å². The summed E-state index contributed by atoms with van der Waals surface area (Å²) in [5.41, 5.74) is 7.12. The van der Waals surface area contributed by atoms with Gasteiger partial charge in [0.2, 0.25) is 0 Å². The number of nitrogens with two attached hydrogens (primary N) is 1. The van der Waals surface area contributed by atoms with E-state index in [4.69, 9.17) is 26.8 Å². The molecular formula is C16H18ClNO2. The van der Waals surface area contributed by atoms with Crippen LogP contribution < -0.4 is 15.2 Å². The van der Waals surface area contributed by atoms with Gasteiger partial charge >= 0.3 is 0 Å². The van der Waals surface area contributed by atoms with Crippen LogP contribution in [0, 0.1) is 0 Å². The van der Waals surface area contributed by atoms with Gasteiger partial charge in [-0.05, 0) is 31.2 Å². The maximum atomic E-state index is 6.17. The highest BCUT2D eigenvalue weighted by molar-refractivity contribution is 6.30. The number of hydrogen-bond acceptors (Lipinski definition) is 3. The summed E-state index contributed by atoms with van der Waals surface area (Å²) < 4.78 is 11.2. The predicted octanol–water partition coefficient (Wildman–Crippen LogP) is 3.82. The van der Waals surface area contributed by atoms with Gasteiger partial charge < -0.3 is 15.2 Å². The number of hydrogen-bond donors (Lipinski definition) is 1. The SMILES string of the molecule is CCOc1ccccc1C(N)COc1cccc(Cl)c1. The Morgan fingerprint density at radius 3 is 2.65 bits per heavy atom. The van der Waals surface area contributed by atoms with Gasteiger partial charge in [-0.25, -0.2) is 0 Å². The van der Waals surface area contributed by atoms with Gasteiger partial charge in [0.1, 0.15) is 18.1 Å². The van der Waals surface area contributed by atoms with Gasteiger partial charge in [-0.3, -0.25) is 0 Å². The Balaban J connectivity index is 2.03. The van der Waals surface area contributed by atoms with Crippen LogP contribution in [0.5, 0.6) is 11.5 Å². The van der Waals surface area contributed by atoms with Crippen molar-refractivity contribution in [3.63, 3.8) is 0 Å². The lowest BCUT2D eigenvalue weighted by molar-refractivity contribution is 0.282. The van der Waals surface area contributed by atoms with Crippen molar-refractivity contribution in [1.29, 1.82) is 0 Å². The van der Waals surface area contributed by atoms with Crippen LogP contribution in [-0.4, -0.2) is 13.2 Å². The molecule has 0 amide bonds. The minimum Gasteiger partial charge on any atom is -0.494 e. The zero-order chi connectivity index (χ0) is 14.4. The van der Waals surface area contributed by atoms with Crippen LogP contribution in [0.2, 0.25) is 5.02 Å². The molecule has 2 aromatic carbocycles. The summed E-state index contributed by atoms with van der Waals surface area (Å²) in [5, 5.41) is 0.644. The molecule has 0 saturated heterocycles. The Labute approximate surface area is 124 Å². The van der Waals surface area contributed by atoms with E-state index in [1.54, 1.807) is 12.1 Å². The average Bonchev–Trinajstić information content (AvgIpc) is 2.46. The molecule has 2 aromatic rings. The number of ether oxygens (including phenoxy) is 2. The largest absolute Gasteiger partial charge is 0.494 e. The van der Waals surface area contributed by atoms with Crippen LogP contribution in [0.1, 0.15) is 18.5 Å². The summed E-state index contributed by atoms with van der Waals surface area (Å²) in [4.78, 5) is 0. The van der Waals surface area contributed by atoms with Crippen LogP contribution in [0.25, 0.3) is 0 Å². The van der Waals surface area contributed by atoms with E-state index in [0.717, 1.165) is 11.3 Å². The third-order valence-corrected chi connectivity index (χ3v) is 3.08. The van der Waals surface area contributed by atoms with E-state index in [1.165, 1.54) is 0 Å². The molecule has 0 saturated carbocycles.